The number of methoxy groups -OCH3 is 3. The predicted molar refractivity (Wildman–Crippen MR) is 51.2 cm³/mol. The molecule has 6 heteroatoms. The Labute approximate surface area is 91.5 Å². The third-order valence-electron chi connectivity index (χ3n) is 1.98. The number of hydrogen-bond donors (Lipinski definition) is 0. The molecule has 0 saturated carbocycles. The molecule has 0 amide bonds. The van der Waals surface area contributed by atoms with Crippen LogP contribution in [-0.2, 0) is 28.6 Å². The van der Waals surface area contributed by atoms with Gasteiger partial charge in [0.15, 0.2) is 17.1 Å². The monoisotopic (exact) mass is 226 g/mol. The minimum Gasteiger partial charge on any atom is -0.492 e. The number of ketones is 2. The highest BCUT2D eigenvalue weighted by Crippen LogP contribution is 2.21. The van der Waals surface area contributed by atoms with Crippen molar-refractivity contribution in [2.75, 3.05) is 21.3 Å². The fourth-order valence-electron chi connectivity index (χ4n) is 1.24. The topological polar surface area (TPSA) is 78.9 Å². The SMILES string of the molecule is COC(=O)C1=C(OC)C(=O)C=C(OC)C1=O. The van der Waals surface area contributed by atoms with Crippen LogP contribution in [0.4, 0.5) is 0 Å². The Morgan fingerprint density at radius 1 is 1.12 bits per heavy atom. The van der Waals surface area contributed by atoms with E-state index in [1.54, 1.807) is 0 Å². The maximum Gasteiger partial charge on any atom is 0.345 e. The lowest BCUT2D eigenvalue weighted by Gasteiger charge is -2.15. The Kier molecular flexibility index (Phi) is 3.44. The number of carbonyl (C=O) groups is 3. The molecule has 16 heavy (non-hydrogen) atoms. The molecule has 0 spiro atoms. The Morgan fingerprint density at radius 2 is 1.75 bits per heavy atom. The van der Waals surface area contributed by atoms with E-state index in [1.165, 1.54) is 14.2 Å². The number of allylic oxidation sites excluding steroid dienone is 2. The molecule has 0 aliphatic heterocycles. The molecule has 0 radical (unpaired) electrons. The molecule has 0 saturated heterocycles. The van der Waals surface area contributed by atoms with Crippen LogP contribution in [0.1, 0.15) is 0 Å². The molecule has 0 N–H and O–H groups in total. The Bertz CT molecular complexity index is 415. The summed E-state index contributed by atoms with van der Waals surface area (Å²) < 4.78 is 13.8. The van der Waals surface area contributed by atoms with Gasteiger partial charge in [-0.05, 0) is 0 Å². The van der Waals surface area contributed by atoms with Crippen LogP contribution in [0.3, 0.4) is 0 Å². The maximum absolute atomic E-state index is 11.7. The first kappa shape index (κ1) is 12.0. The van der Waals surface area contributed by atoms with Crippen LogP contribution in [-0.4, -0.2) is 38.9 Å². The Morgan fingerprint density at radius 3 is 2.19 bits per heavy atom. The smallest absolute Gasteiger partial charge is 0.345 e. The standard InChI is InChI=1S/C10H10O6/c1-14-6-4-5(11)9(15-2)7(8(6)12)10(13)16-3/h4H,1-3H3. The summed E-state index contributed by atoms with van der Waals surface area (Å²) in [6.45, 7) is 0. The van der Waals surface area contributed by atoms with Gasteiger partial charge in [0, 0.05) is 6.08 Å². The third-order valence-corrected chi connectivity index (χ3v) is 1.98. The van der Waals surface area contributed by atoms with Gasteiger partial charge in [0.2, 0.25) is 11.6 Å². The summed E-state index contributed by atoms with van der Waals surface area (Å²) in [7, 11) is 3.52. The van der Waals surface area contributed by atoms with Crippen molar-refractivity contribution < 1.29 is 28.6 Å². The van der Waals surface area contributed by atoms with Crippen LogP contribution >= 0.6 is 0 Å². The van der Waals surface area contributed by atoms with Crippen molar-refractivity contribution in [3.8, 4) is 0 Å². The number of ether oxygens (including phenoxy) is 3. The summed E-state index contributed by atoms with van der Waals surface area (Å²) in [5, 5.41) is 0. The van der Waals surface area contributed by atoms with Crippen molar-refractivity contribution in [1.82, 2.24) is 0 Å². The van der Waals surface area contributed by atoms with E-state index in [4.69, 9.17) is 4.74 Å². The fraction of sp³-hybridized carbons (Fsp3) is 0.300. The van der Waals surface area contributed by atoms with E-state index in [9.17, 15) is 14.4 Å². The van der Waals surface area contributed by atoms with Crippen LogP contribution in [0, 0.1) is 0 Å². The van der Waals surface area contributed by atoms with Crippen LogP contribution in [0.15, 0.2) is 23.2 Å². The van der Waals surface area contributed by atoms with Gasteiger partial charge in [-0.1, -0.05) is 0 Å². The van der Waals surface area contributed by atoms with Crippen LogP contribution in [0.25, 0.3) is 0 Å². The van der Waals surface area contributed by atoms with Gasteiger partial charge < -0.3 is 14.2 Å². The first-order valence-corrected chi connectivity index (χ1v) is 4.28. The molecule has 0 unspecified atom stereocenters. The van der Waals surface area contributed by atoms with Gasteiger partial charge in [-0.2, -0.15) is 0 Å². The number of rotatable bonds is 3. The average molecular weight is 226 g/mol. The van der Waals surface area contributed by atoms with E-state index in [0.717, 1.165) is 13.2 Å². The molecule has 0 bridgehead atoms. The first-order chi connectivity index (χ1) is 7.56. The fourth-order valence-corrected chi connectivity index (χ4v) is 1.24. The lowest BCUT2D eigenvalue weighted by atomic mass is 10.00. The second-order valence-electron chi connectivity index (χ2n) is 2.81. The molecule has 1 rings (SSSR count). The Hall–Kier alpha value is -2.11. The normalized spacial score (nSPS) is 15.8. The number of hydrogen-bond acceptors (Lipinski definition) is 6. The second-order valence-corrected chi connectivity index (χ2v) is 2.81. The van der Waals surface area contributed by atoms with Crippen molar-refractivity contribution in [1.29, 1.82) is 0 Å². The summed E-state index contributed by atoms with van der Waals surface area (Å²) >= 11 is 0. The van der Waals surface area contributed by atoms with Gasteiger partial charge in [0.1, 0.15) is 0 Å². The highest BCUT2D eigenvalue weighted by atomic mass is 16.5. The molecule has 86 valence electrons. The summed E-state index contributed by atoms with van der Waals surface area (Å²) in [4.78, 5) is 34.5. The first-order valence-electron chi connectivity index (χ1n) is 4.28. The quantitative estimate of drug-likeness (QED) is 0.375. The van der Waals surface area contributed by atoms with Crippen molar-refractivity contribution in [3.63, 3.8) is 0 Å². The average Bonchev–Trinajstić information content (AvgIpc) is 2.29. The largest absolute Gasteiger partial charge is 0.492 e. The molecule has 0 aromatic heterocycles. The number of carbonyl (C=O) groups excluding carboxylic acids is 3. The van der Waals surface area contributed by atoms with Gasteiger partial charge in [-0.15, -0.1) is 0 Å². The van der Waals surface area contributed by atoms with Crippen LogP contribution in [0.2, 0.25) is 0 Å². The molecular formula is C10H10O6. The molecule has 0 heterocycles. The summed E-state index contributed by atoms with van der Waals surface area (Å²) in [6.07, 6.45) is 0.966. The molecule has 0 aromatic carbocycles. The van der Waals surface area contributed by atoms with Crippen molar-refractivity contribution in [2.45, 2.75) is 0 Å². The van der Waals surface area contributed by atoms with Gasteiger partial charge in [-0.3, -0.25) is 9.59 Å². The summed E-state index contributed by atoms with van der Waals surface area (Å²) in [6, 6.07) is 0. The van der Waals surface area contributed by atoms with E-state index >= 15 is 0 Å². The Balaban J connectivity index is 3.30. The van der Waals surface area contributed by atoms with Crippen LogP contribution < -0.4 is 0 Å². The van der Waals surface area contributed by atoms with E-state index in [0.29, 0.717) is 0 Å². The molecule has 0 aromatic rings. The zero-order chi connectivity index (χ0) is 12.3. The minimum absolute atomic E-state index is 0.216. The second kappa shape index (κ2) is 4.61. The maximum atomic E-state index is 11.7. The molecule has 1 aliphatic rings. The number of esters is 1. The summed E-state index contributed by atoms with van der Waals surface area (Å²) in [5.74, 6) is -2.83. The van der Waals surface area contributed by atoms with Crippen molar-refractivity contribution in [3.05, 3.63) is 23.2 Å². The van der Waals surface area contributed by atoms with E-state index in [2.05, 4.69) is 9.47 Å². The van der Waals surface area contributed by atoms with E-state index < -0.39 is 23.1 Å². The highest BCUT2D eigenvalue weighted by molar-refractivity contribution is 6.31. The number of Topliss-reactive ketones (excluding diaryl/α,β-unsaturated/α-hetero) is 1. The lowest BCUT2D eigenvalue weighted by molar-refractivity contribution is -0.139. The molecule has 0 fully saturated rings. The molecular weight excluding hydrogens is 216 g/mol. The van der Waals surface area contributed by atoms with Crippen molar-refractivity contribution >= 4 is 17.5 Å². The molecule has 0 atom stereocenters. The summed E-state index contributed by atoms with van der Waals surface area (Å²) in [5.41, 5.74) is -0.450. The van der Waals surface area contributed by atoms with Gasteiger partial charge in [-0.25, -0.2) is 4.79 Å². The molecule has 6 nitrogen and oxygen atoms in total. The van der Waals surface area contributed by atoms with Gasteiger partial charge >= 0.3 is 5.97 Å². The van der Waals surface area contributed by atoms with Gasteiger partial charge in [0.25, 0.3) is 0 Å². The predicted octanol–water partition coefficient (Wildman–Crippen LogP) is -0.258. The van der Waals surface area contributed by atoms with Crippen molar-refractivity contribution in [2.24, 2.45) is 0 Å². The highest BCUT2D eigenvalue weighted by Gasteiger charge is 2.35. The van der Waals surface area contributed by atoms with Crippen LogP contribution in [0.5, 0.6) is 0 Å². The van der Waals surface area contributed by atoms with E-state index in [1.807, 2.05) is 0 Å². The zero-order valence-electron chi connectivity index (χ0n) is 9.03. The lowest BCUT2D eigenvalue weighted by Crippen LogP contribution is -2.26. The third kappa shape index (κ3) is 1.81. The zero-order valence-corrected chi connectivity index (χ0v) is 9.03. The minimum atomic E-state index is -0.933. The molecule has 1 aliphatic carbocycles. The van der Waals surface area contributed by atoms with Gasteiger partial charge in [0.05, 0.1) is 21.3 Å². The van der Waals surface area contributed by atoms with E-state index in [-0.39, 0.29) is 11.5 Å².